The van der Waals surface area contributed by atoms with Gasteiger partial charge in [0.05, 0.1) is 17.4 Å². The highest BCUT2D eigenvalue weighted by atomic mass is 79.9. The Morgan fingerprint density at radius 1 is 1.27 bits per heavy atom. The number of hydrogen-bond donors (Lipinski definition) is 0. The molecule has 1 aromatic carbocycles. The van der Waals surface area contributed by atoms with Crippen molar-refractivity contribution in [1.29, 1.82) is 0 Å². The Labute approximate surface area is 97.4 Å². The van der Waals surface area contributed by atoms with Gasteiger partial charge in [0.15, 0.2) is 0 Å². The van der Waals surface area contributed by atoms with Gasteiger partial charge in [-0.2, -0.15) is 0 Å². The number of benzene rings is 1. The van der Waals surface area contributed by atoms with E-state index in [9.17, 15) is 0 Å². The molecular weight excluding hydrogens is 252 g/mol. The van der Waals surface area contributed by atoms with Gasteiger partial charge in [0, 0.05) is 10.5 Å². The molecule has 0 radical (unpaired) electrons. The van der Waals surface area contributed by atoms with Crippen LogP contribution in [-0.2, 0) is 0 Å². The normalized spacial score (nSPS) is 17.7. The SMILES string of the molecule is Brc1cccc2ncn(C3CCCC3)c12. The maximum atomic E-state index is 4.46. The van der Waals surface area contributed by atoms with Gasteiger partial charge in [-0.1, -0.05) is 18.9 Å². The zero-order chi connectivity index (χ0) is 10.3. The lowest BCUT2D eigenvalue weighted by Gasteiger charge is -2.12. The van der Waals surface area contributed by atoms with Gasteiger partial charge >= 0.3 is 0 Å². The number of nitrogens with zero attached hydrogens (tertiary/aromatic N) is 2. The summed E-state index contributed by atoms with van der Waals surface area (Å²) < 4.78 is 3.50. The van der Waals surface area contributed by atoms with E-state index < -0.39 is 0 Å². The van der Waals surface area contributed by atoms with Crippen LogP contribution in [-0.4, -0.2) is 9.55 Å². The monoisotopic (exact) mass is 264 g/mol. The van der Waals surface area contributed by atoms with Crippen molar-refractivity contribution >= 4 is 27.0 Å². The summed E-state index contributed by atoms with van der Waals surface area (Å²) in [7, 11) is 0. The van der Waals surface area contributed by atoms with E-state index in [-0.39, 0.29) is 0 Å². The summed E-state index contributed by atoms with van der Waals surface area (Å²) in [6.07, 6.45) is 7.30. The third kappa shape index (κ3) is 1.49. The van der Waals surface area contributed by atoms with Crippen LogP contribution in [0.3, 0.4) is 0 Å². The summed E-state index contributed by atoms with van der Waals surface area (Å²) in [5.74, 6) is 0. The largest absolute Gasteiger partial charge is 0.327 e. The molecule has 1 saturated carbocycles. The van der Waals surface area contributed by atoms with Gasteiger partial charge < -0.3 is 4.57 Å². The van der Waals surface area contributed by atoms with Gasteiger partial charge in [-0.3, -0.25) is 0 Å². The van der Waals surface area contributed by atoms with Gasteiger partial charge in [0.1, 0.15) is 0 Å². The molecular formula is C12H13BrN2. The average molecular weight is 265 g/mol. The summed E-state index contributed by atoms with van der Waals surface area (Å²) in [5, 5.41) is 0. The predicted octanol–water partition coefficient (Wildman–Crippen LogP) is 3.91. The van der Waals surface area contributed by atoms with Crippen LogP contribution in [0.15, 0.2) is 29.0 Å². The molecule has 1 aromatic heterocycles. The lowest BCUT2D eigenvalue weighted by Crippen LogP contribution is -2.02. The van der Waals surface area contributed by atoms with E-state index in [0.717, 1.165) is 9.99 Å². The molecule has 3 rings (SSSR count). The fourth-order valence-corrected chi connectivity index (χ4v) is 3.07. The van der Waals surface area contributed by atoms with Crippen molar-refractivity contribution < 1.29 is 0 Å². The second kappa shape index (κ2) is 3.63. The van der Waals surface area contributed by atoms with Gasteiger partial charge in [0.25, 0.3) is 0 Å². The van der Waals surface area contributed by atoms with Crippen molar-refractivity contribution in [1.82, 2.24) is 9.55 Å². The van der Waals surface area contributed by atoms with Crippen LogP contribution >= 0.6 is 15.9 Å². The van der Waals surface area contributed by atoms with Crippen LogP contribution in [0.5, 0.6) is 0 Å². The first-order chi connectivity index (χ1) is 7.36. The topological polar surface area (TPSA) is 17.8 Å². The van der Waals surface area contributed by atoms with Gasteiger partial charge in [-0.25, -0.2) is 4.98 Å². The van der Waals surface area contributed by atoms with Crippen molar-refractivity contribution in [3.05, 3.63) is 29.0 Å². The molecule has 0 spiro atoms. The third-order valence-electron chi connectivity index (χ3n) is 3.26. The van der Waals surface area contributed by atoms with Gasteiger partial charge in [-0.15, -0.1) is 0 Å². The minimum absolute atomic E-state index is 0.661. The first kappa shape index (κ1) is 9.40. The van der Waals surface area contributed by atoms with E-state index in [1.807, 2.05) is 12.4 Å². The molecule has 1 aliphatic rings. The number of imidazole rings is 1. The summed E-state index contributed by atoms with van der Waals surface area (Å²) in [6, 6.07) is 6.87. The molecule has 0 aliphatic heterocycles. The number of halogens is 1. The Bertz CT molecular complexity index is 483. The Kier molecular flexibility index (Phi) is 2.28. The Hall–Kier alpha value is -0.830. The van der Waals surface area contributed by atoms with E-state index in [4.69, 9.17) is 0 Å². The van der Waals surface area contributed by atoms with E-state index in [2.05, 4.69) is 37.6 Å². The van der Waals surface area contributed by atoms with Crippen LogP contribution in [0.1, 0.15) is 31.7 Å². The molecule has 0 atom stereocenters. The Morgan fingerprint density at radius 2 is 2.07 bits per heavy atom. The highest BCUT2D eigenvalue weighted by Gasteiger charge is 2.19. The quantitative estimate of drug-likeness (QED) is 0.764. The molecule has 2 aromatic rings. The maximum Gasteiger partial charge on any atom is 0.0961 e. The maximum absolute atomic E-state index is 4.46. The van der Waals surface area contributed by atoms with Crippen molar-refractivity contribution in [2.75, 3.05) is 0 Å². The molecule has 0 N–H and O–H groups in total. The number of para-hydroxylation sites is 1. The first-order valence-electron chi connectivity index (χ1n) is 5.47. The van der Waals surface area contributed by atoms with Gasteiger partial charge in [-0.05, 0) is 40.9 Å². The van der Waals surface area contributed by atoms with Crippen LogP contribution in [0.4, 0.5) is 0 Å². The van der Waals surface area contributed by atoms with Crippen molar-refractivity contribution in [2.24, 2.45) is 0 Å². The predicted molar refractivity (Wildman–Crippen MR) is 64.9 cm³/mol. The molecule has 0 bridgehead atoms. The molecule has 3 heteroatoms. The molecule has 78 valence electrons. The highest BCUT2D eigenvalue weighted by molar-refractivity contribution is 9.10. The molecule has 15 heavy (non-hydrogen) atoms. The van der Waals surface area contributed by atoms with Crippen LogP contribution in [0, 0.1) is 0 Å². The number of fused-ring (bicyclic) bond motifs is 1. The summed E-state index contributed by atoms with van der Waals surface area (Å²) >= 11 is 3.61. The molecule has 0 unspecified atom stereocenters. The first-order valence-corrected chi connectivity index (χ1v) is 6.26. The molecule has 1 fully saturated rings. The summed E-state index contributed by atoms with van der Waals surface area (Å²) in [5.41, 5.74) is 2.35. The Morgan fingerprint density at radius 3 is 2.87 bits per heavy atom. The zero-order valence-corrected chi connectivity index (χ0v) is 10.1. The van der Waals surface area contributed by atoms with Crippen molar-refractivity contribution in [3.63, 3.8) is 0 Å². The van der Waals surface area contributed by atoms with E-state index >= 15 is 0 Å². The average Bonchev–Trinajstić information content (AvgIpc) is 2.85. The lowest BCUT2D eigenvalue weighted by atomic mass is 10.2. The van der Waals surface area contributed by atoms with E-state index in [1.165, 1.54) is 31.2 Å². The minimum Gasteiger partial charge on any atom is -0.327 e. The second-order valence-corrected chi connectivity index (χ2v) is 5.05. The van der Waals surface area contributed by atoms with Crippen LogP contribution < -0.4 is 0 Å². The number of aromatic nitrogens is 2. The van der Waals surface area contributed by atoms with E-state index in [0.29, 0.717) is 6.04 Å². The third-order valence-corrected chi connectivity index (χ3v) is 3.90. The van der Waals surface area contributed by atoms with E-state index in [1.54, 1.807) is 0 Å². The standard InChI is InChI=1S/C12H13BrN2/c13-10-6-3-7-11-12(10)15(8-14-11)9-4-1-2-5-9/h3,6-9H,1-2,4-5H2. The molecule has 1 heterocycles. The van der Waals surface area contributed by atoms with Crippen molar-refractivity contribution in [3.8, 4) is 0 Å². The number of hydrogen-bond acceptors (Lipinski definition) is 1. The van der Waals surface area contributed by atoms with Gasteiger partial charge in [0.2, 0.25) is 0 Å². The highest BCUT2D eigenvalue weighted by Crippen LogP contribution is 2.34. The fourth-order valence-electron chi connectivity index (χ4n) is 2.51. The molecule has 1 aliphatic carbocycles. The van der Waals surface area contributed by atoms with Crippen LogP contribution in [0.25, 0.3) is 11.0 Å². The zero-order valence-electron chi connectivity index (χ0n) is 8.49. The minimum atomic E-state index is 0.661. The molecule has 2 nitrogen and oxygen atoms in total. The number of rotatable bonds is 1. The lowest BCUT2D eigenvalue weighted by molar-refractivity contribution is 0.531. The Balaban J connectivity index is 2.18. The summed E-state index contributed by atoms with van der Waals surface area (Å²) in [6.45, 7) is 0. The summed E-state index contributed by atoms with van der Waals surface area (Å²) in [4.78, 5) is 4.46. The fraction of sp³-hybridized carbons (Fsp3) is 0.417. The molecule has 0 amide bonds. The second-order valence-electron chi connectivity index (χ2n) is 4.20. The smallest absolute Gasteiger partial charge is 0.0961 e. The van der Waals surface area contributed by atoms with Crippen LogP contribution in [0.2, 0.25) is 0 Å². The molecule has 0 saturated heterocycles. The van der Waals surface area contributed by atoms with Crippen molar-refractivity contribution in [2.45, 2.75) is 31.7 Å².